The summed E-state index contributed by atoms with van der Waals surface area (Å²) in [5.74, 6) is 0.914. The Morgan fingerprint density at radius 3 is 2.72 bits per heavy atom. The standard InChI is InChI=1S/C13H14FN3O/c14-11-2-3-12(10(8-11)4-5-15)18-9-13-16-6-1-7-17-13/h1-3,6-8H,4-5,9,15H2. The van der Waals surface area contributed by atoms with E-state index in [2.05, 4.69) is 9.97 Å². The Labute approximate surface area is 105 Å². The summed E-state index contributed by atoms with van der Waals surface area (Å²) in [5.41, 5.74) is 6.24. The molecular weight excluding hydrogens is 233 g/mol. The first-order valence-electron chi connectivity index (χ1n) is 5.67. The van der Waals surface area contributed by atoms with Gasteiger partial charge in [0.25, 0.3) is 0 Å². The molecule has 0 aliphatic heterocycles. The Hall–Kier alpha value is -2.01. The highest BCUT2D eigenvalue weighted by Gasteiger charge is 2.06. The predicted octanol–water partition coefficient (Wildman–Crippen LogP) is 1.70. The van der Waals surface area contributed by atoms with Crippen LogP contribution in [0.1, 0.15) is 11.4 Å². The molecule has 4 nitrogen and oxygen atoms in total. The van der Waals surface area contributed by atoms with Crippen molar-refractivity contribution in [2.24, 2.45) is 5.73 Å². The lowest BCUT2D eigenvalue weighted by molar-refractivity contribution is 0.292. The van der Waals surface area contributed by atoms with Crippen molar-refractivity contribution in [3.05, 3.63) is 53.9 Å². The molecule has 0 aliphatic carbocycles. The van der Waals surface area contributed by atoms with Gasteiger partial charge in [-0.3, -0.25) is 0 Å². The highest BCUT2D eigenvalue weighted by atomic mass is 19.1. The SMILES string of the molecule is NCCc1cc(F)ccc1OCc1ncccn1. The highest BCUT2D eigenvalue weighted by Crippen LogP contribution is 2.20. The van der Waals surface area contributed by atoms with E-state index in [1.165, 1.54) is 12.1 Å². The quantitative estimate of drug-likeness (QED) is 0.873. The highest BCUT2D eigenvalue weighted by molar-refractivity contribution is 5.34. The van der Waals surface area contributed by atoms with Gasteiger partial charge in [0, 0.05) is 12.4 Å². The fraction of sp³-hybridized carbons (Fsp3) is 0.231. The number of hydrogen-bond acceptors (Lipinski definition) is 4. The van der Waals surface area contributed by atoms with Gasteiger partial charge in [0.15, 0.2) is 5.82 Å². The van der Waals surface area contributed by atoms with Crippen molar-refractivity contribution < 1.29 is 9.13 Å². The van der Waals surface area contributed by atoms with Crippen molar-refractivity contribution in [2.45, 2.75) is 13.0 Å². The zero-order valence-electron chi connectivity index (χ0n) is 9.84. The first-order chi connectivity index (χ1) is 8.79. The summed E-state index contributed by atoms with van der Waals surface area (Å²) in [6.45, 7) is 0.700. The van der Waals surface area contributed by atoms with Gasteiger partial charge in [-0.05, 0) is 42.8 Å². The Morgan fingerprint density at radius 1 is 1.22 bits per heavy atom. The van der Waals surface area contributed by atoms with E-state index in [0.29, 0.717) is 24.5 Å². The van der Waals surface area contributed by atoms with Crippen LogP contribution in [0.3, 0.4) is 0 Å². The second kappa shape index (κ2) is 6.07. The third-order valence-electron chi connectivity index (χ3n) is 2.41. The molecule has 2 rings (SSSR count). The summed E-state index contributed by atoms with van der Waals surface area (Å²) in [5, 5.41) is 0. The molecule has 0 fully saturated rings. The normalized spacial score (nSPS) is 10.3. The van der Waals surface area contributed by atoms with Crippen molar-refractivity contribution in [2.75, 3.05) is 6.54 Å². The van der Waals surface area contributed by atoms with Crippen molar-refractivity contribution in [3.8, 4) is 5.75 Å². The van der Waals surface area contributed by atoms with Crippen LogP contribution in [0.4, 0.5) is 4.39 Å². The second-order valence-corrected chi connectivity index (χ2v) is 3.74. The molecular formula is C13H14FN3O. The van der Waals surface area contributed by atoms with Gasteiger partial charge >= 0.3 is 0 Å². The molecule has 0 saturated carbocycles. The zero-order chi connectivity index (χ0) is 12.8. The lowest BCUT2D eigenvalue weighted by Crippen LogP contribution is -2.07. The lowest BCUT2D eigenvalue weighted by atomic mass is 10.1. The van der Waals surface area contributed by atoms with E-state index in [0.717, 1.165) is 5.56 Å². The van der Waals surface area contributed by atoms with E-state index >= 15 is 0 Å². The molecule has 0 bridgehead atoms. The first-order valence-corrected chi connectivity index (χ1v) is 5.67. The van der Waals surface area contributed by atoms with E-state index in [9.17, 15) is 4.39 Å². The van der Waals surface area contributed by atoms with Crippen LogP contribution in [-0.2, 0) is 13.0 Å². The molecule has 1 aromatic heterocycles. The van der Waals surface area contributed by atoms with Crippen LogP contribution in [0.2, 0.25) is 0 Å². The Bertz CT molecular complexity index is 505. The molecule has 0 saturated heterocycles. The minimum Gasteiger partial charge on any atom is -0.485 e. The van der Waals surface area contributed by atoms with Crippen LogP contribution in [0.25, 0.3) is 0 Å². The van der Waals surface area contributed by atoms with Gasteiger partial charge in [-0.2, -0.15) is 0 Å². The van der Waals surface area contributed by atoms with E-state index in [4.69, 9.17) is 10.5 Å². The van der Waals surface area contributed by atoms with Crippen molar-refractivity contribution >= 4 is 0 Å². The molecule has 1 aromatic carbocycles. The summed E-state index contributed by atoms with van der Waals surface area (Å²) < 4.78 is 18.7. The molecule has 0 aliphatic rings. The van der Waals surface area contributed by atoms with Crippen LogP contribution in [-0.4, -0.2) is 16.5 Å². The summed E-state index contributed by atoms with van der Waals surface area (Å²) in [6, 6.07) is 6.14. The fourth-order valence-electron chi connectivity index (χ4n) is 1.59. The van der Waals surface area contributed by atoms with Gasteiger partial charge in [-0.15, -0.1) is 0 Å². The smallest absolute Gasteiger partial charge is 0.166 e. The molecule has 0 spiro atoms. The maximum Gasteiger partial charge on any atom is 0.166 e. The molecule has 0 radical (unpaired) electrons. The summed E-state index contributed by atoms with van der Waals surface area (Å²) in [7, 11) is 0. The fourth-order valence-corrected chi connectivity index (χ4v) is 1.59. The molecule has 5 heteroatoms. The third-order valence-corrected chi connectivity index (χ3v) is 2.41. The number of hydrogen-bond donors (Lipinski definition) is 1. The number of nitrogens with zero attached hydrogens (tertiary/aromatic N) is 2. The minimum absolute atomic E-state index is 0.254. The monoisotopic (exact) mass is 247 g/mol. The Balaban J connectivity index is 2.09. The van der Waals surface area contributed by atoms with Crippen LogP contribution < -0.4 is 10.5 Å². The number of aromatic nitrogens is 2. The van der Waals surface area contributed by atoms with E-state index in [-0.39, 0.29) is 12.4 Å². The van der Waals surface area contributed by atoms with Crippen LogP contribution >= 0.6 is 0 Å². The zero-order valence-corrected chi connectivity index (χ0v) is 9.84. The van der Waals surface area contributed by atoms with Crippen molar-refractivity contribution in [1.82, 2.24) is 9.97 Å². The Morgan fingerprint density at radius 2 is 2.00 bits per heavy atom. The molecule has 18 heavy (non-hydrogen) atoms. The van der Waals surface area contributed by atoms with Gasteiger partial charge in [0.2, 0.25) is 0 Å². The average molecular weight is 247 g/mol. The number of benzene rings is 1. The third kappa shape index (κ3) is 3.24. The number of ether oxygens (including phenoxy) is 1. The maximum absolute atomic E-state index is 13.1. The van der Waals surface area contributed by atoms with Crippen molar-refractivity contribution in [1.29, 1.82) is 0 Å². The molecule has 0 atom stereocenters. The van der Waals surface area contributed by atoms with E-state index in [1.54, 1.807) is 24.5 Å². The topological polar surface area (TPSA) is 61.0 Å². The second-order valence-electron chi connectivity index (χ2n) is 3.74. The summed E-state index contributed by atoms with van der Waals surface area (Å²) in [4.78, 5) is 8.10. The molecule has 2 N–H and O–H groups in total. The van der Waals surface area contributed by atoms with Crippen molar-refractivity contribution in [3.63, 3.8) is 0 Å². The maximum atomic E-state index is 13.1. The van der Waals surface area contributed by atoms with E-state index < -0.39 is 0 Å². The van der Waals surface area contributed by atoms with Gasteiger partial charge < -0.3 is 10.5 Å². The lowest BCUT2D eigenvalue weighted by Gasteiger charge is -2.10. The molecule has 0 unspecified atom stereocenters. The molecule has 94 valence electrons. The van der Waals surface area contributed by atoms with Crippen LogP contribution in [0, 0.1) is 5.82 Å². The Kier molecular flexibility index (Phi) is 4.20. The van der Waals surface area contributed by atoms with Gasteiger partial charge in [0.1, 0.15) is 18.2 Å². The summed E-state index contributed by atoms with van der Waals surface area (Å²) in [6.07, 6.45) is 3.87. The average Bonchev–Trinajstić information content (AvgIpc) is 2.39. The summed E-state index contributed by atoms with van der Waals surface area (Å²) >= 11 is 0. The van der Waals surface area contributed by atoms with Crippen LogP contribution in [0.5, 0.6) is 5.75 Å². The predicted molar refractivity (Wildman–Crippen MR) is 65.5 cm³/mol. The van der Waals surface area contributed by atoms with Crippen LogP contribution in [0.15, 0.2) is 36.7 Å². The molecule has 0 amide bonds. The molecule has 2 aromatic rings. The first kappa shape index (κ1) is 12.4. The van der Waals surface area contributed by atoms with Gasteiger partial charge in [0.05, 0.1) is 0 Å². The van der Waals surface area contributed by atoms with Gasteiger partial charge in [-0.1, -0.05) is 0 Å². The van der Waals surface area contributed by atoms with Gasteiger partial charge in [-0.25, -0.2) is 14.4 Å². The molecule has 1 heterocycles. The number of halogens is 1. The number of nitrogens with two attached hydrogens (primary N) is 1. The number of rotatable bonds is 5. The van der Waals surface area contributed by atoms with E-state index in [1.807, 2.05) is 0 Å². The minimum atomic E-state index is -0.290. The largest absolute Gasteiger partial charge is 0.485 e.